The van der Waals surface area contributed by atoms with Gasteiger partial charge >= 0.3 is 0 Å². The van der Waals surface area contributed by atoms with Crippen LogP contribution in [0.15, 0.2) is 54.9 Å². The number of amides is 1. The Labute approximate surface area is 93.3 Å². The van der Waals surface area contributed by atoms with Crippen molar-refractivity contribution in [2.45, 2.75) is 0 Å². The average molecular weight is 213 g/mol. The molecular formula is C12H11N3O. The fraction of sp³-hybridized carbons (Fsp3) is 0. The first kappa shape index (κ1) is 10.3. The van der Waals surface area contributed by atoms with E-state index in [1.807, 2.05) is 6.07 Å². The highest BCUT2D eigenvalue weighted by Gasteiger charge is 2.12. The van der Waals surface area contributed by atoms with Crippen LogP contribution in [0.2, 0.25) is 0 Å². The van der Waals surface area contributed by atoms with Crippen LogP contribution in [0.5, 0.6) is 0 Å². The number of hydrogen-bond donors (Lipinski definition) is 1. The third kappa shape index (κ3) is 2.07. The largest absolute Gasteiger partial charge is 0.272 e. The van der Waals surface area contributed by atoms with Crippen LogP contribution in [-0.2, 0) is 0 Å². The van der Waals surface area contributed by atoms with Crippen LogP contribution >= 0.6 is 0 Å². The fourth-order valence-corrected chi connectivity index (χ4v) is 1.34. The number of hydrogen-bond acceptors (Lipinski definition) is 3. The van der Waals surface area contributed by atoms with Crippen LogP contribution in [0.25, 0.3) is 0 Å². The Morgan fingerprint density at radius 3 is 2.31 bits per heavy atom. The number of hydrazine groups is 1. The van der Waals surface area contributed by atoms with E-state index in [1.54, 1.807) is 48.8 Å². The molecule has 0 fully saturated rings. The lowest BCUT2D eigenvalue weighted by molar-refractivity contribution is 0.0987. The summed E-state index contributed by atoms with van der Waals surface area (Å²) in [5.74, 6) is 5.48. The first-order chi connectivity index (χ1) is 7.79. The second-order valence-electron chi connectivity index (χ2n) is 3.25. The maximum atomic E-state index is 11.9. The first-order valence-electron chi connectivity index (χ1n) is 4.83. The molecule has 2 N–H and O–H groups in total. The zero-order chi connectivity index (χ0) is 11.4. The molecule has 0 radical (unpaired) electrons. The van der Waals surface area contributed by atoms with Crippen molar-refractivity contribution in [1.82, 2.24) is 4.98 Å². The summed E-state index contributed by atoms with van der Waals surface area (Å²) in [5, 5.41) is 1.11. The minimum atomic E-state index is -0.244. The maximum absolute atomic E-state index is 11.9. The van der Waals surface area contributed by atoms with Gasteiger partial charge in [0.15, 0.2) is 0 Å². The summed E-state index contributed by atoms with van der Waals surface area (Å²) in [6, 6.07) is 12.3. The molecule has 0 spiro atoms. The normalized spacial score (nSPS) is 9.81. The van der Waals surface area contributed by atoms with Crippen molar-refractivity contribution >= 4 is 11.6 Å². The number of carbonyl (C=O) groups excluding carboxylic acids is 1. The van der Waals surface area contributed by atoms with E-state index in [-0.39, 0.29) is 5.91 Å². The van der Waals surface area contributed by atoms with Crippen molar-refractivity contribution in [3.05, 3.63) is 60.4 Å². The van der Waals surface area contributed by atoms with Gasteiger partial charge in [0.2, 0.25) is 0 Å². The third-order valence-electron chi connectivity index (χ3n) is 2.18. The van der Waals surface area contributed by atoms with Crippen LogP contribution in [0.4, 0.5) is 5.69 Å². The number of pyridine rings is 1. The number of aromatic nitrogens is 1. The summed E-state index contributed by atoms with van der Waals surface area (Å²) >= 11 is 0. The minimum Gasteiger partial charge on any atom is -0.267 e. The van der Waals surface area contributed by atoms with Crippen molar-refractivity contribution < 1.29 is 4.79 Å². The lowest BCUT2D eigenvalue weighted by atomic mass is 10.2. The maximum Gasteiger partial charge on any atom is 0.272 e. The third-order valence-corrected chi connectivity index (χ3v) is 2.18. The molecule has 0 aliphatic carbocycles. The molecule has 4 nitrogen and oxygen atoms in total. The van der Waals surface area contributed by atoms with E-state index in [9.17, 15) is 4.79 Å². The number of carbonyl (C=O) groups is 1. The standard InChI is InChI=1S/C12H11N3O/c13-15(11-6-8-14-9-7-11)12(16)10-4-2-1-3-5-10/h1-9H,13H2. The summed E-state index contributed by atoms with van der Waals surface area (Å²) in [4.78, 5) is 15.8. The lowest BCUT2D eigenvalue weighted by Crippen LogP contribution is -2.37. The Balaban J connectivity index is 2.24. The second kappa shape index (κ2) is 4.55. The second-order valence-corrected chi connectivity index (χ2v) is 3.25. The van der Waals surface area contributed by atoms with E-state index in [1.165, 1.54) is 0 Å². The minimum absolute atomic E-state index is 0.244. The molecule has 0 saturated heterocycles. The van der Waals surface area contributed by atoms with Crippen LogP contribution in [0.1, 0.15) is 10.4 Å². The Morgan fingerprint density at radius 2 is 1.69 bits per heavy atom. The van der Waals surface area contributed by atoms with Crippen molar-refractivity contribution in [3.8, 4) is 0 Å². The van der Waals surface area contributed by atoms with Crippen LogP contribution in [-0.4, -0.2) is 10.9 Å². The van der Waals surface area contributed by atoms with Gasteiger partial charge in [0.05, 0.1) is 5.69 Å². The fourth-order valence-electron chi connectivity index (χ4n) is 1.34. The predicted molar refractivity (Wildman–Crippen MR) is 61.7 cm³/mol. The van der Waals surface area contributed by atoms with Crippen LogP contribution in [0.3, 0.4) is 0 Å². The molecule has 16 heavy (non-hydrogen) atoms. The molecule has 1 aromatic carbocycles. The van der Waals surface area contributed by atoms with Gasteiger partial charge in [-0.1, -0.05) is 18.2 Å². The molecule has 1 aromatic heterocycles. The van der Waals surface area contributed by atoms with Gasteiger partial charge in [-0.2, -0.15) is 0 Å². The summed E-state index contributed by atoms with van der Waals surface area (Å²) in [6.45, 7) is 0. The highest BCUT2D eigenvalue weighted by molar-refractivity contribution is 6.05. The lowest BCUT2D eigenvalue weighted by Gasteiger charge is -2.16. The van der Waals surface area contributed by atoms with Gasteiger partial charge in [0.25, 0.3) is 5.91 Å². The summed E-state index contributed by atoms with van der Waals surface area (Å²) in [5.41, 5.74) is 1.17. The molecule has 80 valence electrons. The quantitative estimate of drug-likeness (QED) is 0.468. The number of rotatable bonds is 2. The predicted octanol–water partition coefficient (Wildman–Crippen LogP) is 1.60. The van der Waals surface area contributed by atoms with Crippen molar-refractivity contribution in [3.63, 3.8) is 0 Å². The monoisotopic (exact) mass is 213 g/mol. The van der Waals surface area contributed by atoms with Crippen LogP contribution < -0.4 is 10.9 Å². The summed E-state index contributed by atoms with van der Waals surface area (Å²) in [6.07, 6.45) is 3.18. The SMILES string of the molecule is NN(C(=O)c1ccccc1)c1ccncc1. The number of benzene rings is 1. The molecule has 1 heterocycles. The molecule has 4 heteroatoms. The molecule has 0 aliphatic heterocycles. The Hall–Kier alpha value is -2.20. The van der Waals surface area contributed by atoms with E-state index in [0.29, 0.717) is 11.3 Å². The van der Waals surface area contributed by atoms with Crippen molar-refractivity contribution in [2.75, 3.05) is 5.01 Å². The van der Waals surface area contributed by atoms with Gasteiger partial charge in [-0.3, -0.25) is 9.78 Å². The summed E-state index contributed by atoms with van der Waals surface area (Å²) < 4.78 is 0. The highest BCUT2D eigenvalue weighted by atomic mass is 16.2. The van der Waals surface area contributed by atoms with E-state index in [0.717, 1.165) is 5.01 Å². The van der Waals surface area contributed by atoms with Gasteiger partial charge in [-0.15, -0.1) is 0 Å². The van der Waals surface area contributed by atoms with E-state index in [4.69, 9.17) is 5.84 Å². The number of nitrogens with two attached hydrogens (primary N) is 1. The van der Waals surface area contributed by atoms with Crippen LogP contribution in [0, 0.1) is 0 Å². The van der Waals surface area contributed by atoms with Gasteiger partial charge in [-0.25, -0.2) is 10.9 Å². The number of anilines is 1. The molecule has 2 aromatic rings. The summed E-state index contributed by atoms with van der Waals surface area (Å²) in [7, 11) is 0. The smallest absolute Gasteiger partial charge is 0.267 e. The van der Waals surface area contributed by atoms with E-state index >= 15 is 0 Å². The molecule has 1 amide bonds. The molecule has 2 rings (SSSR count). The highest BCUT2D eigenvalue weighted by Crippen LogP contribution is 2.11. The van der Waals surface area contributed by atoms with Gasteiger partial charge in [0.1, 0.15) is 0 Å². The molecule has 0 atom stereocenters. The zero-order valence-corrected chi connectivity index (χ0v) is 8.58. The van der Waals surface area contributed by atoms with Crippen molar-refractivity contribution in [1.29, 1.82) is 0 Å². The average Bonchev–Trinajstić information content (AvgIpc) is 2.39. The van der Waals surface area contributed by atoms with E-state index < -0.39 is 0 Å². The van der Waals surface area contributed by atoms with Crippen molar-refractivity contribution in [2.24, 2.45) is 5.84 Å². The number of nitrogens with zero attached hydrogens (tertiary/aromatic N) is 2. The molecule has 0 unspecified atom stereocenters. The molecular weight excluding hydrogens is 202 g/mol. The molecule has 0 saturated carbocycles. The van der Waals surface area contributed by atoms with Gasteiger partial charge in [-0.05, 0) is 24.3 Å². The zero-order valence-electron chi connectivity index (χ0n) is 8.58. The molecule has 0 aliphatic rings. The van der Waals surface area contributed by atoms with E-state index in [2.05, 4.69) is 4.98 Å². The Bertz CT molecular complexity index is 470. The topological polar surface area (TPSA) is 59.2 Å². The van der Waals surface area contributed by atoms with Gasteiger partial charge < -0.3 is 0 Å². The molecule has 0 bridgehead atoms. The Kier molecular flexibility index (Phi) is 2.93. The first-order valence-corrected chi connectivity index (χ1v) is 4.83. The van der Waals surface area contributed by atoms with Gasteiger partial charge in [0, 0.05) is 18.0 Å². The Morgan fingerprint density at radius 1 is 1.06 bits per heavy atom.